The standard InChI is InChI=1S/C9H5F3N2O.C2H6O.C2H6/c10-9(11,12)5-2-1-3-6-8(5)14-7(4-15)13-6;1-3-2;1-2/h1-4H,(H,13,14);1-2H3;1-2H3. The topological polar surface area (TPSA) is 55.0 Å². The molecule has 4 nitrogen and oxygen atoms in total. The molecule has 0 saturated carbocycles. The first-order valence-electron chi connectivity index (χ1n) is 5.85. The largest absolute Gasteiger partial charge is 0.418 e. The molecule has 1 N–H and O–H groups in total. The summed E-state index contributed by atoms with van der Waals surface area (Å²) in [6.45, 7) is 4.00. The molecule has 0 bridgehead atoms. The molecule has 2 aromatic rings. The first kappa shape index (κ1) is 18.1. The smallest absolute Gasteiger partial charge is 0.388 e. The molecular formula is C13H17F3N2O2. The maximum absolute atomic E-state index is 12.5. The van der Waals surface area contributed by atoms with Crippen LogP contribution in [0.2, 0.25) is 0 Å². The van der Waals surface area contributed by atoms with Gasteiger partial charge < -0.3 is 9.72 Å². The molecule has 0 aliphatic heterocycles. The van der Waals surface area contributed by atoms with Gasteiger partial charge in [-0.3, -0.25) is 4.79 Å². The van der Waals surface area contributed by atoms with Crippen LogP contribution in [0, 0.1) is 0 Å². The van der Waals surface area contributed by atoms with Crippen molar-refractivity contribution in [3.63, 3.8) is 0 Å². The number of hydrogen-bond donors (Lipinski definition) is 1. The van der Waals surface area contributed by atoms with Gasteiger partial charge in [0.05, 0.1) is 11.1 Å². The summed E-state index contributed by atoms with van der Waals surface area (Å²) in [5.41, 5.74) is -0.872. The van der Waals surface area contributed by atoms with Crippen molar-refractivity contribution in [1.82, 2.24) is 9.97 Å². The zero-order valence-corrected chi connectivity index (χ0v) is 11.7. The molecule has 1 heterocycles. The molecule has 7 heteroatoms. The van der Waals surface area contributed by atoms with Crippen molar-refractivity contribution in [2.45, 2.75) is 20.0 Å². The van der Waals surface area contributed by atoms with E-state index in [0.717, 1.165) is 6.07 Å². The van der Waals surface area contributed by atoms with Crippen molar-refractivity contribution >= 4 is 17.3 Å². The normalized spacial score (nSPS) is 10.2. The van der Waals surface area contributed by atoms with E-state index < -0.39 is 11.7 Å². The summed E-state index contributed by atoms with van der Waals surface area (Å²) in [5.74, 6) is -0.110. The number of fused-ring (bicyclic) bond motifs is 1. The van der Waals surface area contributed by atoms with Crippen molar-refractivity contribution in [2.24, 2.45) is 0 Å². The van der Waals surface area contributed by atoms with Gasteiger partial charge in [-0.15, -0.1) is 0 Å². The quantitative estimate of drug-likeness (QED) is 0.815. The molecule has 0 fully saturated rings. The molecule has 0 unspecified atom stereocenters. The minimum Gasteiger partial charge on any atom is -0.388 e. The zero-order chi connectivity index (χ0) is 15.8. The summed E-state index contributed by atoms with van der Waals surface area (Å²) in [4.78, 5) is 16.4. The van der Waals surface area contributed by atoms with Gasteiger partial charge in [0.1, 0.15) is 5.52 Å². The van der Waals surface area contributed by atoms with Gasteiger partial charge in [-0.05, 0) is 12.1 Å². The van der Waals surface area contributed by atoms with Crippen molar-refractivity contribution in [2.75, 3.05) is 14.2 Å². The Balaban J connectivity index is 0.000000641. The van der Waals surface area contributed by atoms with E-state index in [1.165, 1.54) is 12.1 Å². The molecule has 0 atom stereocenters. The average molecular weight is 290 g/mol. The lowest BCUT2D eigenvalue weighted by molar-refractivity contribution is -0.136. The van der Waals surface area contributed by atoms with Gasteiger partial charge in [-0.2, -0.15) is 13.2 Å². The third-order valence-electron chi connectivity index (χ3n) is 1.95. The van der Waals surface area contributed by atoms with E-state index >= 15 is 0 Å². The minimum atomic E-state index is -4.46. The van der Waals surface area contributed by atoms with Gasteiger partial charge in [0.2, 0.25) is 0 Å². The predicted octanol–water partition coefficient (Wildman–Crippen LogP) is 3.68. The summed E-state index contributed by atoms with van der Waals surface area (Å²) in [5, 5.41) is 0. The lowest BCUT2D eigenvalue weighted by atomic mass is 10.2. The second-order valence-corrected chi connectivity index (χ2v) is 3.35. The number of hydrogen-bond acceptors (Lipinski definition) is 3. The first-order valence-corrected chi connectivity index (χ1v) is 5.85. The molecule has 1 aromatic heterocycles. The highest BCUT2D eigenvalue weighted by Crippen LogP contribution is 2.33. The molecule has 2 rings (SSSR count). The van der Waals surface area contributed by atoms with Crippen LogP contribution in [0.3, 0.4) is 0 Å². The number of nitrogens with zero attached hydrogens (tertiary/aromatic N) is 1. The highest BCUT2D eigenvalue weighted by atomic mass is 19.4. The molecule has 0 radical (unpaired) electrons. The van der Waals surface area contributed by atoms with E-state index in [4.69, 9.17) is 0 Å². The number of para-hydroxylation sites is 1. The number of aldehydes is 1. The van der Waals surface area contributed by atoms with E-state index in [-0.39, 0.29) is 16.9 Å². The summed E-state index contributed by atoms with van der Waals surface area (Å²) >= 11 is 0. The van der Waals surface area contributed by atoms with E-state index in [0.29, 0.717) is 6.29 Å². The third kappa shape index (κ3) is 4.65. The van der Waals surface area contributed by atoms with Crippen LogP contribution in [0.15, 0.2) is 18.2 Å². The SMILES string of the molecule is CC.COC.O=Cc1nc2c(C(F)(F)F)cccc2[nH]1. The van der Waals surface area contributed by atoms with Gasteiger partial charge in [0, 0.05) is 14.2 Å². The number of rotatable bonds is 1. The Kier molecular flexibility index (Phi) is 7.53. The van der Waals surface area contributed by atoms with Crippen LogP contribution in [-0.4, -0.2) is 30.5 Å². The van der Waals surface area contributed by atoms with E-state index in [1.54, 1.807) is 14.2 Å². The van der Waals surface area contributed by atoms with E-state index in [1.807, 2.05) is 13.8 Å². The van der Waals surface area contributed by atoms with Crippen molar-refractivity contribution in [3.05, 3.63) is 29.6 Å². The highest BCUT2D eigenvalue weighted by molar-refractivity contribution is 5.84. The average Bonchev–Trinajstić information content (AvgIpc) is 2.83. The maximum atomic E-state index is 12.5. The summed E-state index contributed by atoms with van der Waals surface area (Å²) < 4.78 is 41.7. The van der Waals surface area contributed by atoms with Gasteiger partial charge >= 0.3 is 6.18 Å². The van der Waals surface area contributed by atoms with Crippen molar-refractivity contribution in [1.29, 1.82) is 0 Å². The second kappa shape index (κ2) is 8.31. The lowest BCUT2D eigenvalue weighted by Crippen LogP contribution is -2.05. The number of nitrogens with one attached hydrogen (secondary N) is 1. The number of halogens is 3. The molecule has 0 aliphatic carbocycles. The fourth-order valence-corrected chi connectivity index (χ4v) is 1.34. The van der Waals surface area contributed by atoms with Gasteiger partial charge in [0.25, 0.3) is 0 Å². The molecule has 112 valence electrons. The molecule has 0 amide bonds. The number of H-pyrrole nitrogens is 1. The fraction of sp³-hybridized carbons (Fsp3) is 0.385. The van der Waals surface area contributed by atoms with Gasteiger partial charge in [0.15, 0.2) is 12.1 Å². The van der Waals surface area contributed by atoms with Crippen LogP contribution < -0.4 is 0 Å². The van der Waals surface area contributed by atoms with Crippen LogP contribution in [0.25, 0.3) is 11.0 Å². The number of carbonyl (C=O) groups is 1. The number of ether oxygens (including phenoxy) is 1. The molecule has 0 saturated heterocycles. The number of aromatic nitrogens is 2. The first-order chi connectivity index (χ1) is 9.43. The van der Waals surface area contributed by atoms with Gasteiger partial charge in [-0.25, -0.2) is 4.98 Å². The van der Waals surface area contributed by atoms with Crippen molar-refractivity contribution < 1.29 is 22.7 Å². The second-order valence-electron chi connectivity index (χ2n) is 3.35. The third-order valence-corrected chi connectivity index (χ3v) is 1.95. The van der Waals surface area contributed by atoms with Crippen LogP contribution in [0.5, 0.6) is 0 Å². The minimum absolute atomic E-state index is 0.110. The molecule has 20 heavy (non-hydrogen) atoms. The summed E-state index contributed by atoms with van der Waals surface area (Å²) in [7, 11) is 3.25. The van der Waals surface area contributed by atoms with E-state index in [2.05, 4.69) is 14.7 Å². The Hall–Kier alpha value is -1.89. The number of methoxy groups -OCH3 is 1. The summed E-state index contributed by atoms with van der Waals surface area (Å²) in [6, 6.07) is 3.63. The van der Waals surface area contributed by atoms with Crippen LogP contribution in [0.4, 0.5) is 13.2 Å². The highest BCUT2D eigenvalue weighted by Gasteiger charge is 2.33. The van der Waals surface area contributed by atoms with Crippen LogP contribution in [-0.2, 0) is 10.9 Å². The number of benzene rings is 1. The van der Waals surface area contributed by atoms with Gasteiger partial charge in [-0.1, -0.05) is 19.9 Å². The molecular weight excluding hydrogens is 273 g/mol. The van der Waals surface area contributed by atoms with Crippen molar-refractivity contribution in [3.8, 4) is 0 Å². The Bertz CT molecular complexity index is 536. The Morgan fingerprint density at radius 1 is 1.25 bits per heavy atom. The monoisotopic (exact) mass is 290 g/mol. The fourth-order valence-electron chi connectivity index (χ4n) is 1.34. The molecule has 0 spiro atoms. The number of alkyl halides is 3. The predicted molar refractivity (Wildman–Crippen MR) is 70.8 cm³/mol. The Labute approximate surface area is 115 Å². The number of imidazole rings is 1. The number of aromatic amines is 1. The summed E-state index contributed by atoms with van der Waals surface area (Å²) in [6.07, 6.45) is -4.09. The lowest BCUT2D eigenvalue weighted by Gasteiger charge is -2.05. The maximum Gasteiger partial charge on any atom is 0.418 e. The molecule has 1 aromatic carbocycles. The van der Waals surface area contributed by atoms with E-state index in [9.17, 15) is 18.0 Å². The molecule has 0 aliphatic rings. The van der Waals surface area contributed by atoms with Crippen LogP contribution in [0.1, 0.15) is 30.0 Å². The van der Waals surface area contributed by atoms with Crippen LogP contribution >= 0.6 is 0 Å². The Morgan fingerprint density at radius 2 is 1.80 bits per heavy atom. The Morgan fingerprint density at radius 3 is 2.25 bits per heavy atom. The zero-order valence-electron chi connectivity index (χ0n) is 11.7. The number of carbonyl (C=O) groups excluding carboxylic acids is 1.